The largest absolute Gasteiger partial charge is 0.481 e. The number of pyridine rings is 1. The Morgan fingerprint density at radius 3 is 2.19 bits per heavy atom. The van der Waals surface area contributed by atoms with Gasteiger partial charge in [0.1, 0.15) is 0 Å². The zero-order valence-electron chi connectivity index (χ0n) is 23.4. The summed E-state index contributed by atoms with van der Waals surface area (Å²) in [5, 5.41) is 33.6. The van der Waals surface area contributed by atoms with Gasteiger partial charge in [-0.05, 0) is 75.8 Å². The lowest BCUT2D eigenvalue weighted by molar-refractivity contribution is -0.170. The van der Waals surface area contributed by atoms with E-state index in [9.17, 15) is 31.7 Å². The highest BCUT2D eigenvalue weighted by molar-refractivity contribution is 7.83. The summed E-state index contributed by atoms with van der Waals surface area (Å²) in [7, 11) is -4.27. The van der Waals surface area contributed by atoms with Crippen LogP contribution in [0.15, 0.2) is 30.5 Å². The van der Waals surface area contributed by atoms with Crippen molar-refractivity contribution in [3.63, 3.8) is 0 Å². The van der Waals surface area contributed by atoms with E-state index in [1.165, 1.54) is 6.07 Å². The zero-order valence-corrected chi connectivity index (χ0v) is 25.0. The molecule has 1 aliphatic heterocycles. The molecule has 42 heavy (non-hydrogen) atoms. The first-order chi connectivity index (χ1) is 19.3. The number of thiophene rings is 1. The van der Waals surface area contributed by atoms with E-state index < -0.39 is 46.7 Å². The zero-order chi connectivity index (χ0) is 31.9. The van der Waals surface area contributed by atoms with Gasteiger partial charge in [0.15, 0.2) is 10.7 Å². The highest BCUT2D eigenvalue weighted by Crippen LogP contribution is 2.41. The predicted molar refractivity (Wildman–Crippen MR) is 150 cm³/mol. The summed E-state index contributed by atoms with van der Waals surface area (Å²) < 4.78 is 47.5. The van der Waals surface area contributed by atoms with Crippen LogP contribution in [0.3, 0.4) is 0 Å². The molecule has 0 spiro atoms. The number of nitrogens with zero attached hydrogens (tertiary/aromatic N) is 2. The first-order valence-corrected chi connectivity index (χ1v) is 15.1. The monoisotopic (exact) mass is 633 g/mol. The molecule has 0 amide bonds. The van der Waals surface area contributed by atoms with Crippen molar-refractivity contribution in [1.82, 2.24) is 14.6 Å². The van der Waals surface area contributed by atoms with Crippen molar-refractivity contribution in [2.24, 2.45) is 5.41 Å². The van der Waals surface area contributed by atoms with Crippen molar-refractivity contribution in [2.45, 2.75) is 64.0 Å². The Labute approximate surface area is 246 Å². The molecule has 0 aromatic carbocycles. The van der Waals surface area contributed by atoms with Gasteiger partial charge >= 0.3 is 28.2 Å². The second-order valence-electron chi connectivity index (χ2n) is 10.9. The van der Waals surface area contributed by atoms with Crippen LogP contribution in [0.25, 0.3) is 0 Å². The van der Waals surface area contributed by atoms with Crippen molar-refractivity contribution < 1.29 is 52.2 Å². The average molecular weight is 634 g/mol. The summed E-state index contributed by atoms with van der Waals surface area (Å²) >= 11 is 1.12. The summed E-state index contributed by atoms with van der Waals surface area (Å²) in [6, 6.07) is 7.30. The van der Waals surface area contributed by atoms with Crippen LogP contribution in [0.1, 0.15) is 55.7 Å². The van der Waals surface area contributed by atoms with Gasteiger partial charge in [0.2, 0.25) is 0 Å². The fraction of sp³-hybridized carbons (Fsp3) is 0.538. The number of hydrogen-bond acceptors (Lipinski definition) is 9. The number of carbonyl (C=O) groups is 3. The molecule has 1 aliphatic rings. The molecule has 0 radical (unpaired) electrons. The van der Waals surface area contributed by atoms with Gasteiger partial charge in [-0.3, -0.25) is 24.0 Å². The third-order valence-corrected chi connectivity index (χ3v) is 8.73. The molecule has 0 unspecified atom stereocenters. The average Bonchev–Trinajstić information content (AvgIpc) is 3.48. The Morgan fingerprint density at radius 2 is 1.74 bits per heavy atom. The van der Waals surface area contributed by atoms with Crippen molar-refractivity contribution in [3.05, 3.63) is 51.7 Å². The lowest BCUT2D eigenvalue weighted by atomic mass is 9.82. The van der Waals surface area contributed by atoms with Gasteiger partial charge in [0, 0.05) is 35.4 Å². The minimum absolute atomic E-state index is 0.151. The number of aryl methyl sites for hydroxylation is 2. The van der Waals surface area contributed by atoms with Crippen LogP contribution in [0.5, 0.6) is 0 Å². The molecule has 3 rings (SSSR count). The molecule has 6 N–H and O–H groups in total. The molecule has 1 fully saturated rings. The van der Waals surface area contributed by atoms with Gasteiger partial charge in [0.05, 0.1) is 12.8 Å². The maximum absolute atomic E-state index is 13.3. The standard InChI is InChI=1S/C20H28FN3O3S2.C6H8O7/c1-15-4-5-16(12-22-15)19(2,3)24-11-10-20(14-24,13-23-29(25,26)27)9-8-17-6-7-18(21)28-17;7-3(8)1-6(13,5(11)12)2-4(9)10/h4-7,12,23H,8-11,13-14H2,1-3H3,(H,25,26,27);13H,1-2H2,(H,7,8)(H,9,10)(H,11,12)/t20-;/m1./s1. The molecule has 1 atom stereocenters. The van der Waals surface area contributed by atoms with Gasteiger partial charge in [-0.2, -0.15) is 17.5 Å². The van der Waals surface area contributed by atoms with Crippen molar-refractivity contribution in [1.29, 1.82) is 0 Å². The predicted octanol–water partition coefficient (Wildman–Crippen LogP) is 2.29. The Balaban J connectivity index is 0.000000401. The van der Waals surface area contributed by atoms with Crippen LogP contribution in [0.2, 0.25) is 0 Å². The van der Waals surface area contributed by atoms with Crippen LogP contribution < -0.4 is 4.72 Å². The Hall–Kier alpha value is -3.02. The summed E-state index contributed by atoms with van der Waals surface area (Å²) in [6.07, 6.45) is 1.76. The maximum Gasteiger partial charge on any atom is 0.336 e. The molecule has 13 nitrogen and oxygen atoms in total. The van der Waals surface area contributed by atoms with Crippen LogP contribution in [0.4, 0.5) is 4.39 Å². The third kappa shape index (κ3) is 10.4. The number of likely N-dealkylation sites (tertiary alicyclic amines) is 1. The Bertz CT molecular complexity index is 1350. The highest BCUT2D eigenvalue weighted by atomic mass is 32.2. The molecule has 0 saturated carbocycles. The lowest BCUT2D eigenvalue weighted by Crippen LogP contribution is -2.44. The highest BCUT2D eigenvalue weighted by Gasteiger charge is 2.44. The SMILES string of the molecule is Cc1ccc(C(C)(C)N2CC[C@](CCc3ccc(F)s3)(CNS(=O)(=O)O)C2)cn1.O=C(O)CC(O)(CC(=O)O)C(=O)O. The Morgan fingerprint density at radius 1 is 1.12 bits per heavy atom. The number of rotatable bonds is 13. The number of carboxylic acid groups (broad SMARTS) is 3. The second kappa shape index (κ2) is 14.0. The van der Waals surface area contributed by atoms with E-state index in [-0.39, 0.29) is 22.6 Å². The topological polar surface area (TPSA) is 215 Å². The van der Waals surface area contributed by atoms with Crippen molar-refractivity contribution >= 4 is 39.5 Å². The quantitative estimate of drug-likeness (QED) is 0.175. The number of halogens is 1. The summed E-state index contributed by atoms with van der Waals surface area (Å²) in [4.78, 5) is 38.2. The molecular weight excluding hydrogens is 597 g/mol. The van der Waals surface area contributed by atoms with Gasteiger partial charge in [-0.1, -0.05) is 6.07 Å². The van der Waals surface area contributed by atoms with Gasteiger partial charge in [-0.25, -0.2) is 4.79 Å². The number of carboxylic acids is 3. The number of aliphatic hydroxyl groups is 1. The maximum atomic E-state index is 13.3. The van der Waals surface area contributed by atoms with Crippen molar-refractivity contribution in [2.75, 3.05) is 19.6 Å². The van der Waals surface area contributed by atoms with Crippen molar-refractivity contribution in [3.8, 4) is 0 Å². The molecule has 2 aromatic rings. The van der Waals surface area contributed by atoms with E-state index in [1.807, 2.05) is 19.2 Å². The van der Waals surface area contributed by atoms with E-state index in [0.717, 1.165) is 40.4 Å². The summed E-state index contributed by atoms with van der Waals surface area (Å²) in [6.45, 7) is 7.85. The normalized spacial score (nSPS) is 17.9. The fourth-order valence-corrected chi connectivity index (χ4v) is 5.91. The number of aliphatic carboxylic acids is 3. The third-order valence-electron chi connectivity index (χ3n) is 7.29. The van der Waals surface area contributed by atoms with E-state index >= 15 is 0 Å². The van der Waals surface area contributed by atoms with Crippen LogP contribution in [-0.4, -0.2) is 86.4 Å². The molecular formula is C26H36FN3O10S2. The Kier molecular flexibility index (Phi) is 11.7. The minimum atomic E-state index is -4.27. The summed E-state index contributed by atoms with van der Waals surface area (Å²) in [5.41, 5.74) is -1.29. The number of nitrogens with one attached hydrogen (secondary N) is 1. The first kappa shape index (κ1) is 35.2. The fourth-order valence-electron chi connectivity index (χ4n) is 4.69. The minimum Gasteiger partial charge on any atom is -0.481 e. The number of aromatic nitrogens is 1. The van der Waals surface area contributed by atoms with Crippen LogP contribution in [0, 0.1) is 17.5 Å². The smallest absolute Gasteiger partial charge is 0.336 e. The molecule has 0 bridgehead atoms. The molecule has 2 aromatic heterocycles. The van der Waals surface area contributed by atoms with E-state index in [2.05, 4.69) is 34.5 Å². The molecule has 16 heteroatoms. The van der Waals surface area contributed by atoms with E-state index in [4.69, 9.17) is 20.4 Å². The van der Waals surface area contributed by atoms with Crippen LogP contribution in [-0.2, 0) is 36.6 Å². The molecule has 3 heterocycles. The lowest BCUT2D eigenvalue weighted by Gasteiger charge is -2.38. The van der Waals surface area contributed by atoms with Gasteiger partial charge in [0.25, 0.3) is 0 Å². The molecule has 234 valence electrons. The summed E-state index contributed by atoms with van der Waals surface area (Å²) in [5.74, 6) is -5.02. The van der Waals surface area contributed by atoms with E-state index in [1.54, 1.807) is 6.07 Å². The first-order valence-electron chi connectivity index (χ1n) is 12.8. The molecule has 0 aliphatic carbocycles. The number of hydrogen-bond donors (Lipinski definition) is 6. The van der Waals surface area contributed by atoms with Gasteiger partial charge < -0.3 is 20.4 Å². The van der Waals surface area contributed by atoms with E-state index in [0.29, 0.717) is 19.4 Å². The molecule has 1 saturated heterocycles. The van der Waals surface area contributed by atoms with Gasteiger partial charge in [-0.15, -0.1) is 11.3 Å². The van der Waals surface area contributed by atoms with Crippen LogP contribution >= 0.6 is 11.3 Å². The second-order valence-corrected chi connectivity index (χ2v) is 13.3.